The van der Waals surface area contributed by atoms with Gasteiger partial charge < -0.3 is 10.2 Å². The van der Waals surface area contributed by atoms with Gasteiger partial charge >= 0.3 is 0 Å². The summed E-state index contributed by atoms with van der Waals surface area (Å²) in [6, 6.07) is 9.52. The van der Waals surface area contributed by atoms with Crippen molar-refractivity contribution in [1.29, 1.82) is 0 Å². The highest BCUT2D eigenvalue weighted by atomic mass is 32.1. The lowest BCUT2D eigenvalue weighted by Crippen LogP contribution is -2.51. The van der Waals surface area contributed by atoms with E-state index in [1.807, 2.05) is 6.92 Å². The van der Waals surface area contributed by atoms with E-state index in [2.05, 4.69) is 10.2 Å². The first kappa shape index (κ1) is 21.9. The Kier molecular flexibility index (Phi) is 5.70. The maximum absolute atomic E-state index is 14.8. The molecule has 8 heteroatoms. The first-order valence-electron chi connectivity index (χ1n) is 10.5. The van der Waals surface area contributed by atoms with Crippen molar-refractivity contribution in [2.24, 2.45) is 0 Å². The van der Waals surface area contributed by atoms with Crippen molar-refractivity contribution in [1.82, 2.24) is 5.32 Å². The summed E-state index contributed by atoms with van der Waals surface area (Å²) in [5.74, 6) is -1.31. The second kappa shape index (κ2) is 8.32. The van der Waals surface area contributed by atoms with E-state index in [0.29, 0.717) is 29.9 Å². The molecule has 1 heterocycles. The van der Waals surface area contributed by atoms with Gasteiger partial charge in [-0.1, -0.05) is 25.3 Å². The predicted molar refractivity (Wildman–Crippen MR) is 126 cm³/mol. The van der Waals surface area contributed by atoms with Crippen molar-refractivity contribution in [2.75, 3.05) is 16.8 Å². The van der Waals surface area contributed by atoms with Crippen molar-refractivity contribution in [3.05, 3.63) is 64.8 Å². The minimum atomic E-state index is -0.886. The molecule has 164 valence electrons. The van der Waals surface area contributed by atoms with Gasteiger partial charge in [0.05, 0.1) is 12.1 Å². The SMILES string of the molecule is [C-]#[N+]c1ccc(N2C(=O)C3(CCCCC3)N(c3ccc(C(=O)NC)c(F)c3)C2=S)cc1C. The summed E-state index contributed by atoms with van der Waals surface area (Å²) < 4.78 is 14.8. The van der Waals surface area contributed by atoms with Crippen LogP contribution in [0.5, 0.6) is 0 Å². The van der Waals surface area contributed by atoms with Crippen LogP contribution in [0.3, 0.4) is 0 Å². The number of halogens is 1. The number of hydrogen-bond donors (Lipinski definition) is 1. The fourth-order valence-electron chi connectivity index (χ4n) is 4.70. The van der Waals surface area contributed by atoms with Gasteiger partial charge in [-0.2, -0.15) is 0 Å². The zero-order valence-corrected chi connectivity index (χ0v) is 18.8. The number of amides is 2. The number of thiocarbonyl (C=S) groups is 1. The Morgan fingerprint density at radius 1 is 1.16 bits per heavy atom. The molecular weight excluding hydrogens is 427 g/mol. The molecule has 2 amide bonds. The Bertz CT molecular complexity index is 1170. The van der Waals surface area contributed by atoms with Crippen LogP contribution in [-0.4, -0.2) is 29.5 Å². The Hall–Kier alpha value is -3.31. The van der Waals surface area contributed by atoms with E-state index in [9.17, 15) is 14.0 Å². The number of carbonyl (C=O) groups is 2. The fraction of sp³-hybridized carbons (Fsp3) is 0.333. The lowest BCUT2D eigenvalue weighted by molar-refractivity contribution is -0.122. The highest BCUT2D eigenvalue weighted by Gasteiger charge is 2.56. The van der Waals surface area contributed by atoms with Crippen LogP contribution in [-0.2, 0) is 4.79 Å². The van der Waals surface area contributed by atoms with E-state index in [1.165, 1.54) is 24.1 Å². The van der Waals surface area contributed by atoms with Crippen LogP contribution < -0.4 is 15.1 Å². The van der Waals surface area contributed by atoms with Gasteiger partial charge in [0.2, 0.25) is 0 Å². The highest BCUT2D eigenvalue weighted by molar-refractivity contribution is 7.81. The van der Waals surface area contributed by atoms with E-state index in [-0.39, 0.29) is 16.6 Å². The normalized spacial score (nSPS) is 17.6. The number of anilines is 2. The molecule has 2 aliphatic rings. The number of nitrogens with one attached hydrogen (secondary N) is 1. The van der Waals surface area contributed by atoms with Crippen LogP contribution >= 0.6 is 12.2 Å². The third kappa shape index (κ3) is 3.33. The molecule has 0 unspecified atom stereocenters. The van der Waals surface area contributed by atoms with Gasteiger partial charge in [-0.05, 0) is 67.9 Å². The topological polar surface area (TPSA) is 57.0 Å². The molecule has 2 aromatic rings. The zero-order chi connectivity index (χ0) is 23.0. The summed E-state index contributed by atoms with van der Waals surface area (Å²) in [6.45, 7) is 9.09. The van der Waals surface area contributed by atoms with Crippen LogP contribution in [0.25, 0.3) is 4.85 Å². The summed E-state index contributed by atoms with van der Waals surface area (Å²) in [5, 5.41) is 2.70. The number of benzene rings is 2. The van der Waals surface area contributed by atoms with Crippen molar-refractivity contribution in [3.8, 4) is 0 Å². The maximum Gasteiger partial charge on any atom is 0.259 e. The van der Waals surface area contributed by atoms with E-state index < -0.39 is 17.3 Å². The van der Waals surface area contributed by atoms with E-state index in [4.69, 9.17) is 18.8 Å². The molecule has 0 radical (unpaired) electrons. The second-order valence-electron chi connectivity index (χ2n) is 8.18. The molecule has 1 spiro atoms. The van der Waals surface area contributed by atoms with Crippen LogP contribution in [0.2, 0.25) is 0 Å². The lowest BCUT2D eigenvalue weighted by atomic mass is 9.80. The van der Waals surface area contributed by atoms with Crippen LogP contribution in [0.1, 0.15) is 48.0 Å². The monoisotopic (exact) mass is 450 g/mol. The molecule has 1 aliphatic carbocycles. The summed E-state index contributed by atoms with van der Waals surface area (Å²) >= 11 is 5.78. The molecule has 4 rings (SSSR count). The van der Waals surface area contributed by atoms with Crippen molar-refractivity contribution in [2.45, 2.75) is 44.6 Å². The maximum atomic E-state index is 14.8. The van der Waals surface area contributed by atoms with Gasteiger partial charge in [0.1, 0.15) is 11.4 Å². The predicted octanol–water partition coefficient (Wildman–Crippen LogP) is 4.89. The van der Waals surface area contributed by atoms with E-state index >= 15 is 0 Å². The number of carbonyl (C=O) groups excluding carboxylic acids is 2. The number of nitrogens with zero attached hydrogens (tertiary/aromatic N) is 3. The molecular formula is C24H23FN4O2S. The summed E-state index contributed by atoms with van der Waals surface area (Å²) in [5.41, 5.74) is 1.37. The molecule has 2 fully saturated rings. The first-order valence-corrected chi connectivity index (χ1v) is 10.9. The third-order valence-electron chi connectivity index (χ3n) is 6.33. The Morgan fingerprint density at radius 3 is 2.44 bits per heavy atom. The van der Waals surface area contributed by atoms with Crippen molar-refractivity contribution in [3.63, 3.8) is 0 Å². The average Bonchev–Trinajstić information content (AvgIpc) is 2.99. The standard InChI is InChI=1S/C24H23FN4O2S/c1-15-13-16(8-10-20(15)26-2)28-22(31)24(11-5-4-6-12-24)29(23(28)32)17-7-9-18(19(25)14-17)21(30)27-3/h7-10,13-14H,4-6,11-12H2,1,3H3,(H,27,30). The van der Waals surface area contributed by atoms with Crippen molar-refractivity contribution < 1.29 is 14.0 Å². The Balaban J connectivity index is 1.82. The molecule has 0 bridgehead atoms. The zero-order valence-electron chi connectivity index (χ0n) is 17.9. The Morgan fingerprint density at radius 2 is 1.84 bits per heavy atom. The van der Waals surface area contributed by atoms with Gasteiger partial charge in [0.15, 0.2) is 10.8 Å². The minimum absolute atomic E-state index is 0.0624. The van der Waals surface area contributed by atoms with Crippen LogP contribution in [0, 0.1) is 19.3 Å². The van der Waals surface area contributed by atoms with Gasteiger partial charge in [-0.25, -0.2) is 9.24 Å². The Labute approximate surface area is 191 Å². The molecule has 32 heavy (non-hydrogen) atoms. The molecule has 1 saturated heterocycles. The summed E-state index contributed by atoms with van der Waals surface area (Å²) in [7, 11) is 1.44. The molecule has 1 aliphatic heterocycles. The third-order valence-corrected chi connectivity index (χ3v) is 6.70. The van der Waals surface area contributed by atoms with Gasteiger partial charge in [0, 0.05) is 18.4 Å². The molecule has 1 saturated carbocycles. The van der Waals surface area contributed by atoms with E-state index in [1.54, 1.807) is 29.2 Å². The molecule has 0 atom stereocenters. The smallest absolute Gasteiger partial charge is 0.259 e. The van der Waals surface area contributed by atoms with Gasteiger partial charge in [0.25, 0.3) is 11.8 Å². The molecule has 2 aromatic carbocycles. The summed E-state index contributed by atoms with van der Waals surface area (Å²) in [4.78, 5) is 32.5. The molecule has 0 aromatic heterocycles. The van der Waals surface area contributed by atoms with Gasteiger partial charge in [-0.3, -0.25) is 14.5 Å². The lowest BCUT2D eigenvalue weighted by Gasteiger charge is -2.39. The van der Waals surface area contributed by atoms with Crippen LogP contribution in [0.4, 0.5) is 21.5 Å². The minimum Gasteiger partial charge on any atom is -0.355 e. The van der Waals surface area contributed by atoms with Crippen LogP contribution in [0.15, 0.2) is 36.4 Å². The van der Waals surface area contributed by atoms with Crippen molar-refractivity contribution >= 4 is 46.2 Å². The number of hydrogen-bond acceptors (Lipinski definition) is 3. The van der Waals surface area contributed by atoms with E-state index in [0.717, 1.165) is 24.8 Å². The fourth-order valence-corrected chi connectivity index (χ4v) is 5.17. The first-order chi connectivity index (χ1) is 15.3. The quantitative estimate of drug-likeness (QED) is 0.535. The second-order valence-corrected chi connectivity index (χ2v) is 8.54. The largest absolute Gasteiger partial charge is 0.355 e. The summed E-state index contributed by atoms with van der Waals surface area (Å²) in [6.07, 6.45) is 3.99. The van der Waals surface area contributed by atoms with Gasteiger partial charge in [-0.15, -0.1) is 0 Å². The number of rotatable bonds is 3. The molecule has 6 nitrogen and oxygen atoms in total. The highest BCUT2D eigenvalue weighted by Crippen LogP contribution is 2.45. The number of aryl methyl sites for hydroxylation is 1. The molecule has 1 N–H and O–H groups in total. The average molecular weight is 451 g/mol.